The molecule has 17 heavy (non-hydrogen) atoms. The summed E-state index contributed by atoms with van der Waals surface area (Å²) in [5.41, 5.74) is 1.06. The number of piperidine rings is 1. The zero-order chi connectivity index (χ0) is 12.3. The van der Waals surface area contributed by atoms with Crippen molar-refractivity contribution in [3.05, 3.63) is 35.6 Å². The van der Waals surface area contributed by atoms with Gasteiger partial charge in [-0.2, -0.15) is 0 Å². The lowest BCUT2D eigenvalue weighted by molar-refractivity contribution is -0.146. The molecule has 1 heterocycles. The molecule has 1 aromatic rings. The number of hydrogen-bond donors (Lipinski definition) is 1. The molecule has 0 bridgehead atoms. The molecule has 0 radical (unpaired) electrons. The first-order valence-corrected chi connectivity index (χ1v) is 5.74. The summed E-state index contributed by atoms with van der Waals surface area (Å²) < 4.78 is 17.6. The van der Waals surface area contributed by atoms with Crippen LogP contribution in [0, 0.1) is 11.7 Å². The predicted molar refractivity (Wildman–Crippen MR) is 62.1 cm³/mol. The lowest BCUT2D eigenvalue weighted by Crippen LogP contribution is -2.39. The van der Waals surface area contributed by atoms with Gasteiger partial charge in [-0.3, -0.25) is 4.79 Å². The fraction of sp³-hybridized carbons (Fsp3) is 0.462. The summed E-state index contributed by atoms with van der Waals surface area (Å²) in [7, 11) is 1.41. The van der Waals surface area contributed by atoms with Crippen molar-refractivity contribution in [3.8, 4) is 0 Å². The molecule has 0 spiro atoms. The molecule has 0 aliphatic carbocycles. The zero-order valence-corrected chi connectivity index (χ0v) is 9.78. The summed E-state index contributed by atoms with van der Waals surface area (Å²) in [5.74, 6) is -0.274. The highest BCUT2D eigenvalue weighted by Crippen LogP contribution is 2.27. The molecule has 4 heteroatoms. The number of ether oxygens (including phenoxy) is 1. The number of hydrogen-bond acceptors (Lipinski definition) is 3. The smallest absolute Gasteiger partial charge is 0.309 e. The molecule has 1 aliphatic rings. The minimum absolute atomic E-state index is 0.108. The number of halogens is 1. The molecular formula is C13H16FNO2. The van der Waals surface area contributed by atoms with Crippen molar-refractivity contribution in [1.29, 1.82) is 0 Å². The van der Waals surface area contributed by atoms with Crippen molar-refractivity contribution in [2.75, 3.05) is 20.2 Å². The fourth-order valence-electron chi connectivity index (χ4n) is 2.28. The average Bonchev–Trinajstić information content (AvgIpc) is 2.39. The van der Waals surface area contributed by atoms with Gasteiger partial charge < -0.3 is 10.1 Å². The SMILES string of the molecule is COC(=O)[C@H]1CNC[C@H](c2ccc(F)cc2)C1. The summed E-state index contributed by atoms with van der Waals surface area (Å²) in [5, 5.41) is 3.22. The van der Waals surface area contributed by atoms with E-state index in [9.17, 15) is 9.18 Å². The minimum Gasteiger partial charge on any atom is -0.469 e. The lowest BCUT2D eigenvalue weighted by Gasteiger charge is -2.28. The van der Waals surface area contributed by atoms with Crippen LogP contribution in [0.1, 0.15) is 17.9 Å². The molecule has 1 fully saturated rings. The van der Waals surface area contributed by atoms with E-state index in [1.54, 1.807) is 12.1 Å². The van der Waals surface area contributed by atoms with E-state index < -0.39 is 0 Å². The number of benzene rings is 1. The quantitative estimate of drug-likeness (QED) is 0.795. The van der Waals surface area contributed by atoms with Crippen LogP contribution >= 0.6 is 0 Å². The number of esters is 1. The second-order valence-electron chi connectivity index (χ2n) is 4.36. The number of carbonyl (C=O) groups is 1. The van der Waals surface area contributed by atoms with Gasteiger partial charge in [-0.15, -0.1) is 0 Å². The molecule has 92 valence electrons. The van der Waals surface area contributed by atoms with E-state index in [1.807, 2.05) is 0 Å². The fourth-order valence-corrected chi connectivity index (χ4v) is 2.28. The number of nitrogens with one attached hydrogen (secondary N) is 1. The summed E-state index contributed by atoms with van der Waals surface area (Å²) in [4.78, 5) is 11.5. The Balaban J connectivity index is 2.06. The number of carbonyl (C=O) groups excluding carboxylic acids is 1. The van der Waals surface area contributed by atoms with Gasteiger partial charge in [-0.05, 0) is 30.0 Å². The third kappa shape index (κ3) is 2.82. The van der Waals surface area contributed by atoms with E-state index >= 15 is 0 Å². The topological polar surface area (TPSA) is 38.3 Å². The van der Waals surface area contributed by atoms with Crippen LogP contribution in [0.5, 0.6) is 0 Å². The van der Waals surface area contributed by atoms with Crippen LogP contribution in [-0.4, -0.2) is 26.2 Å². The normalized spacial score (nSPS) is 24.4. The first-order valence-electron chi connectivity index (χ1n) is 5.74. The van der Waals surface area contributed by atoms with E-state index in [2.05, 4.69) is 5.32 Å². The maximum absolute atomic E-state index is 12.8. The zero-order valence-electron chi connectivity index (χ0n) is 9.78. The highest BCUT2D eigenvalue weighted by molar-refractivity contribution is 5.72. The molecule has 0 saturated carbocycles. The largest absolute Gasteiger partial charge is 0.469 e. The van der Waals surface area contributed by atoms with Crippen LogP contribution in [0.4, 0.5) is 4.39 Å². The van der Waals surface area contributed by atoms with Crippen molar-refractivity contribution in [2.45, 2.75) is 12.3 Å². The van der Waals surface area contributed by atoms with E-state index in [0.717, 1.165) is 18.5 Å². The standard InChI is InChI=1S/C13H16FNO2/c1-17-13(16)11-6-10(7-15-8-11)9-2-4-12(14)5-3-9/h2-5,10-11,15H,6-8H2,1H3/t10-,11-/m1/s1. The van der Waals surface area contributed by atoms with Gasteiger partial charge in [-0.25, -0.2) is 4.39 Å². The molecule has 1 aliphatic heterocycles. The Labute approximate surface area is 100.0 Å². The van der Waals surface area contributed by atoms with Gasteiger partial charge in [0, 0.05) is 13.1 Å². The second-order valence-corrected chi connectivity index (χ2v) is 4.36. The predicted octanol–water partition coefficient (Wildman–Crippen LogP) is 1.69. The average molecular weight is 237 g/mol. The van der Waals surface area contributed by atoms with Crippen LogP contribution in [-0.2, 0) is 9.53 Å². The molecule has 0 unspecified atom stereocenters. The van der Waals surface area contributed by atoms with Gasteiger partial charge in [0.1, 0.15) is 5.82 Å². The second kappa shape index (κ2) is 5.27. The number of methoxy groups -OCH3 is 1. The van der Waals surface area contributed by atoms with E-state index in [0.29, 0.717) is 6.54 Å². The highest BCUT2D eigenvalue weighted by atomic mass is 19.1. The summed E-state index contributed by atoms with van der Waals surface area (Å²) in [6.07, 6.45) is 0.755. The molecule has 1 saturated heterocycles. The Morgan fingerprint density at radius 1 is 1.35 bits per heavy atom. The monoisotopic (exact) mass is 237 g/mol. The van der Waals surface area contributed by atoms with Gasteiger partial charge in [0.15, 0.2) is 0 Å². The van der Waals surface area contributed by atoms with Crippen molar-refractivity contribution < 1.29 is 13.9 Å². The molecule has 1 aromatic carbocycles. The Hall–Kier alpha value is -1.42. The molecule has 3 nitrogen and oxygen atoms in total. The summed E-state index contributed by atoms with van der Waals surface area (Å²) >= 11 is 0. The van der Waals surface area contributed by atoms with Crippen molar-refractivity contribution in [2.24, 2.45) is 5.92 Å². The van der Waals surface area contributed by atoms with Gasteiger partial charge in [0.05, 0.1) is 13.0 Å². The minimum atomic E-state index is -0.234. The van der Waals surface area contributed by atoms with Crippen molar-refractivity contribution in [3.63, 3.8) is 0 Å². The first kappa shape index (κ1) is 12.0. The summed E-state index contributed by atoms with van der Waals surface area (Å²) in [6, 6.07) is 6.47. The molecule has 0 amide bonds. The van der Waals surface area contributed by atoms with Gasteiger partial charge in [0.25, 0.3) is 0 Å². The van der Waals surface area contributed by atoms with Crippen LogP contribution < -0.4 is 5.32 Å². The highest BCUT2D eigenvalue weighted by Gasteiger charge is 2.28. The Morgan fingerprint density at radius 2 is 2.06 bits per heavy atom. The Morgan fingerprint density at radius 3 is 2.71 bits per heavy atom. The van der Waals surface area contributed by atoms with E-state index in [1.165, 1.54) is 19.2 Å². The Bertz CT molecular complexity index is 391. The van der Waals surface area contributed by atoms with Gasteiger partial charge in [0.2, 0.25) is 0 Å². The van der Waals surface area contributed by atoms with Crippen molar-refractivity contribution >= 4 is 5.97 Å². The van der Waals surface area contributed by atoms with Crippen LogP contribution in [0.15, 0.2) is 24.3 Å². The van der Waals surface area contributed by atoms with Gasteiger partial charge in [-0.1, -0.05) is 12.1 Å². The first-order chi connectivity index (χ1) is 8.20. The molecule has 1 N–H and O–H groups in total. The molecule has 2 atom stereocenters. The number of rotatable bonds is 2. The van der Waals surface area contributed by atoms with E-state index in [-0.39, 0.29) is 23.6 Å². The van der Waals surface area contributed by atoms with Gasteiger partial charge >= 0.3 is 5.97 Å². The maximum Gasteiger partial charge on any atom is 0.309 e. The Kier molecular flexibility index (Phi) is 3.74. The third-order valence-electron chi connectivity index (χ3n) is 3.23. The van der Waals surface area contributed by atoms with Crippen LogP contribution in [0.3, 0.4) is 0 Å². The van der Waals surface area contributed by atoms with Crippen LogP contribution in [0.25, 0.3) is 0 Å². The van der Waals surface area contributed by atoms with Crippen LogP contribution in [0.2, 0.25) is 0 Å². The maximum atomic E-state index is 12.8. The third-order valence-corrected chi connectivity index (χ3v) is 3.23. The van der Waals surface area contributed by atoms with Crippen molar-refractivity contribution in [1.82, 2.24) is 5.32 Å². The lowest BCUT2D eigenvalue weighted by atomic mass is 9.85. The molecular weight excluding hydrogens is 221 g/mol. The van der Waals surface area contributed by atoms with E-state index in [4.69, 9.17) is 4.74 Å². The summed E-state index contributed by atoms with van der Waals surface area (Å²) in [6.45, 7) is 1.48. The molecule has 2 rings (SSSR count). The molecule has 0 aromatic heterocycles.